The Labute approximate surface area is 136 Å². The van der Waals surface area contributed by atoms with Crippen molar-refractivity contribution in [2.24, 2.45) is 0 Å². The first-order valence-electron chi connectivity index (χ1n) is 7.83. The lowest BCUT2D eigenvalue weighted by molar-refractivity contribution is 0.569. The maximum Gasteiger partial charge on any atom is 0.0640 e. The quantitative estimate of drug-likeness (QED) is 0.756. The smallest absolute Gasteiger partial charge is 0.0640 e. The number of nitriles is 1. The van der Waals surface area contributed by atoms with E-state index in [4.69, 9.17) is 5.26 Å². The number of hydrogen-bond acceptors (Lipinski definition) is 3. The van der Waals surface area contributed by atoms with Crippen LogP contribution in [0.1, 0.15) is 51.1 Å². The van der Waals surface area contributed by atoms with Crippen molar-refractivity contribution in [2.75, 3.05) is 18.0 Å². The topological polar surface area (TPSA) is 39.1 Å². The molecule has 1 N–H and O–H groups in total. The highest BCUT2D eigenvalue weighted by Gasteiger charge is 2.29. The van der Waals surface area contributed by atoms with Crippen LogP contribution in [0.4, 0.5) is 5.69 Å². The van der Waals surface area contributed by atoms with Crippen molar-refractivity contribution in [3.63, 3.8) is 0 Å². The predicted octanol–water partition coefficient (Wildman–Crippen LogP) is 4.39. The zero-order chi connectivity index (χ0) is 15.2. The van der Waals surface area contributed by atoms with Gasteiger partial charge in [-0.25, -0.2) is 0 Å². The molecule has 1 aromatic carbocycles. The Morgan fingerprint density at radius 1 is 1.48 bits per heavy atom. The molecule has 1 aliphatic carbocycles. The SMILES string of the molecule is CCCNC(C)c1ccc(N(CCC#N)C2CC2)cc1Br. The van der Waals surface area contributed by atoms with Crippen LogP contribution in [0.3, 0.4) is 0 Å². The van der Waals surface area contributed by atoms with Crippen molar-refractivity contribution in [3.05, 3.63) is 28.2 Å². The van der Waals surface area contributed by atoms with Crippen LogP contribution in [0, 0.1) is 11.3 Å². The lowest BCUT2D eigenvalue weighted by atomic mass is 10.1. The van der Waals surface area contributed by atoms with Gasteiger partial charge in [-0.2, -0.15) is 5.26 Å². The molecule has 0 heterocycles. The summed E-state index contributed by atoms with van der Waals surface area (Å²) in [7, 11) is 0. The average Bonchev–Trinajstić information content (AvgIpc) is 3.30. The fourth-order valence-electron chi connectivity index (χ4n) is 2.60. The summed E-state index contributed by atoms with van der Waals surface area (Å²) in [5.41, 5.74) is 2.52. The first-order chi connectivity index (χ1) is 10.2. The van der Waals surface area contributed by atoms with Crippen LogP contribution in [0.2, 0.25) is 0 Å². The highest BCUT2D eigenvalue weighted by molar-refractivity contribution is 9.10. The van der Waals surface area contributed by atoms with Gasteiger partial charge in [0.25, 0.3) is 0 Å². The molecule has 114 valence electrons. The maximum absolute atomic E-state index is 8.82. The van der Waals surface area contributed by atoms with E-state index in [0.717, 1.165) is 24.0 Å². The number of hydrogen-bond donors (Lipinski definition) is 1. The molecule has 0 aromatic heterocycles. The van der Waals surface area contributed by atoms with Crippen molar-refractivity contribution in [1.29, 1.82) is 5.26 Å². The van der Waals surface area contributed by atoms with Gasteiger partial charge >= 0.3 is 0 Å². The van der Waals surface area contributed by atoms with Gasteiger partial charge in [0.15, 0.2) is 0 Å². The first kappa shape index (κ1) is 16.3. The molecule has 0 radical (unpaired) electrons. The van der Waals surface area contributed by atoms with Crippen LogP contribution < -0.4 is 10.2 Å². The second kappa shape index (κ2) is 7.82. The summed E-state index contributed by atoms with van der Waals surface area (Å²) in [6, 6.07) is 9.84. The fourth-order valence-corrected chi connectivity index (χ4v) is 3.31. The number of halogens is 1. The minimum Gasteiger partial charge on any atom is -0.367 e. The van der Waals surface area contributed by atoms with E-state index in [1.54, 1.807) is 0 Å². The first-order valence-corrected chi connectivity index (χ1v) is 8.63. The highest BCUT2D eigenvalue weighted by Crippen LogP contribution is 2.35. The second-order valence-corrected chi connectivity index (χ2v) is 6.57. The van der Waals surface area contributed by atoms with Crippen LogP contribution in [0.15, 0.2) is 22.7 Å². The van der Waals surface area contributed by atoms with Crippen molar-refractivity contribution in [2.45, 2.75) is 51.6 Å². The van der Waals surface area contributed by atoms with Crippen LogP contribution in [0.25, 0.3) is 0 Å². The molecule has 4 heteroatoms. The number of anilines is 1. The summed E-state index contributed by atoms with van der Waals surface area (Å²) in [6.45, 7) is 6.24. The summed E-state index contributed by atoms with van der Waals surface area (Å²) >= 11 is 3.71. The average molecular weight is 350 g/mol. The van der Waals surface area contributed by atoms with E-state index in [0.29, 0.717) is 18.5 Å². The van der Waals surface area contributed by atoms with Gasteiger partial charge in [-0.3, -0.25) is 0 Å². The number of benzene rings is 1. The normalized spacial score (nSPS) is 15.5. The molecule has 1 fully saturated rings. The van der Waals surface area contributed by atoms with Crippen LogP contribution in [-0.4, -0.2) is 19.1 Å². The molecule has 0 amide bonds. The van der Waals surface area contributed by atoms with Gasteiger partial charge in [0.05, 0.1) is 12.5 Å². The minimum absolute atomic E-state index is 0.349. The predicted molar refractivity (Wildman–Crippen MR) is 91.4 cm³/mol. The van der Waals surface area contributed by atoms with E-state index in [1.807, 2.05) is 0 Å². The molecule has 1 aromatic rings. The Balaban J connectivity index is 2.11. The second-order valence-electron chi connectivity index (χ2n) is 5.71. The van der Waals surface area contributed by atoms with Crippen molar-refractivity contribution in [1.82, 2.24) is 5.32 Å². The van der Waals surface area contributed by atoms with Gasteiger partial charge in [-0.05, 0) is 50.4 Å². The molecule has 1 atom stereocenters. The Morgan fingerprint density at radius 3 is 2.81 bits per heavy atom. The minimum atomic E-state index is 0.349. The zero-order valence-electron chi connectivity index (χ0n) is 12.9. The Hall–Kier alpha value is -1.05. The van der Waals surface area contributed by atoms with Gasteiger partial charge in [0, 0.05) is 28.8 Å². The molecule has 1 saturated carbocycles. The Morgan fingerprint density at radius 2 is 2.24 bits per heavy atom. The maximum atomic E-state index is 8.82. The van der Waals surface area contributed by atoms with Crippen LogP contribution in [-0.2, 0) is 0 Å². The highest BCUT2D eigenvalue weighted by atomic mass is 79.9. The van der Waals surface area contributed by atoms with E-state index in [9.17, 15) is 0 Å². The molecule has 0 spiro atoms. The standard InChI is InChI=1S/C17H24BrN3/c1-3-10-20-13(2)16-8-7-15(12-17(16)18)21(11-4-9-19)14-5-6-14/h7-8,12-14,20H,3-6,10-11H2,1-2H3. The molecule has 0 bridgehead atoms. The zero-order valence-corrected chi connectivity index (χ0v) is 14.5. The van der Waals surface area contributed by atoms with E-state index in [2.05, 4.69) is 64.3 Å². The third kappa shape index (κ3) is 4.46. The van der Waals surface area contributed by atoms with Crippen molar-refractivity contribution in [3.8, 4) is 6.07 Å². The molecular formula is C17H24BrN3. The summed E-state index contributed by atoms with van der Waals surface area (Å²) in [4.78, 5) is 2.38. The van der Waals surface area contributed by atoms with Gasteiger partial charge in [0.2, 0.25) is 0 Å². The Kier molecular flexibility index (Phi) is 6.08. The van der Waals surface area contributed by atoms with Crippen molar-refractivity contribution >= 4 is 21.6 Å². The summed E-state index contributed by atoms with van der Waals surface area (Å²) in [5.74, 6) is 0. The van der Waals surface area contributed by atoms with Gasteiger partial charge < -0.3 is 10.2 Å². The van der Waals surface area contributed by atoms with Crippen molar-refractivity contribution < 1.29 is 0 Å². The van der Waals surface area contributed by atoms with Gasteiger partial charge in [-0.1, -0.05) is 28.9 Å². The lowest BCUT2D eigenvalue weighted by Gasteiger charge is -2.25. The number of nitrogens with zero attached hydrogens (tertiary/aromatic N) is 2. The lowest BCUT2D eigenvalue weighted by Crippen LogP contribution is -2.26. The van der Waals surface area contributed by atoms with Crippen LogP contribution >= 0.6 is 15.9 Å². The largest absolute Gasteiger partial charge is 0.367 e. The molecule has 21 heavy (non-hydrogen) atoms. The van der Waals surface area contributed by atoms with E-state index in [1.165, 1.54) is 24.1 Å². The van der Waals surface area contributed by atoms with E-state index < -0.39 is 0 Å². The summed E-state index contributed by atoms with van der Waals surface area (Å²) in [6.07, 6.45) is 4.23. The molecule has 2 rings (SSSR count). The third-order valence-electron chi connectivity index (χ3n) is 3.93. The van der Waals surface area contributed by atoms with E-state index >= 15 is 0 Å². The number of rotatable bonds is 8. The van der Waals surface area contributed by atoms with Crippen LogP contribution in [0.5, 0.6) is 0 Å². The molecule has 1 unspecified atom stereocenters. The van der Waals surface area contributed by atoms with Gasteiger partial charge in [-0.15, -0.1) is 0 Å². The number of nitrogens with one attached hydrogen (secondary N) is 1. The summed E-state index contributed by atoms with van der Waals surface area (Å²) < 4.78 is 1.15. The van der Waals surface area contributed by atoms with E-state index in [-0.39, 0.29) is 0 Å². The molecular weight excluding hydrogens is 326 g/mol. The Bertz CT molecular complexity index is 505. The molecule has 3 nitrogen and oxygen atoms in total. The molecule has 1 aliphatic rings. The molecule has 0 aliphatic heterocycles. The van der Waals surface area contributed by atoms with Gasteiger partial charge in [0.1, 0.15) is 0 Å². The third-order valence-corrected chi connectivity index (χ3v) is 4.62. The monoisotopic (exact) mass is 349 g/mol. The molecule has 0 saturated heterocycles. The summed E-state index contributed by atoms with van der Waals surface area (Å²) in [5, 5.41) is 12.3. The fraction of sp³-hybridized carbons (Fsp3) is 0.588.